The highest BCUT2D eigenvalue weighted by Crippen LogP contribution is 2.35. The van der Waals surface area contributed by atoms with Crippen molar-refractivity contribution in [3.63, 3.8) is 0 Å². The zero-order valence-corrected chi connectivity index (χ0v) is 20.1. The molecule has 0 unspecified atom stereocenters. The predicted octanol–water partition coefficient (Wildman–Crippen LogP) is 1.59. The van der Waals surface area contributed by atoms with Crippen LogP contribution in [0.1, 0.15) is 15.9 Å². The molecule has 1 N–H and O–H groups in total. The van der Waals surface area contributed by atoms with Crippen molar-refractivity contribution in [2.24, 2.45) is 0 Å². The second-order valence-electron chi connectivity index (χ2n) is 7.70. The van der Waals surface area contributed by atoms with Crippen LogP contribution >= 0.6 is 0 Å². The minimum atomic E-state index is -3.81. The van der Waals surface area contributed by atoms with Gasteiger partial charge in [0, 0.05) is 38.8 Å². The van der Waals surface area contributed by atoms with E-state index in [1.54, 1.807) is 0 Å². The minimum absolute atomic E-state index is 0.0200. The number of methoxy groups -OCH3 is 2. The molecular weight excluding hydrogens is 446 g/mol. The highest BCUT2D eigenvalue weighted by atomic mass is 32.2. The number of sulfonamides is 1. The third-order valence-corrected chi connectivity index (χ3v) is 7.26. The molecule has 0 aromatic heterocycles. The molecule has 9 nitrogen and oxygen atoms in total. The smallest absolute Gasteiger partial charge is 0.255 e. The van der Waals surface area contributed by atoms with Gasteiger partial charge in [0.1, 0.15) is 0 Å². The number of nitrogens with one attached hydrogen (secondary N) is 1. The van der Waals surface area contributed by atoms with Gasteiger partial charge in [0.2, 0.25) is 10.0 Å². The first-order chi connectivity index (χ1) is 15.9. The van der Waals surface area contributed by atoms with Crippen LogP contribution in [0.15, 0.2) is 47.4 Å². The van der Waals surface area contributed by atoms with Crippen molar-refractivity contribution in [3.8, 4) is 11.5 Å². The molecule has 3 rings (SSSR count). The van der Waals surface area contributed by atoms with Crippen LogP contribution < -0.4 is 14.8 Å². The Hall–Kier alpha value is -2.66. The number of nitrogens with zero attached hydrogens (tertiary/aromatic N) is 2. The van der Waals surface area contributed by atoms with Crippen molar-refractivity contribution in [1.82, 2.24) is 14.5 Å². The first-order valence-electron chi connectivity index (χ1n) is 10.7. The molecule has 1 amide bonds. The van der Waals surface area contributed by atoms with Crippen LogP contribution in [0.5, 0.6) is 11.5 Å². The molecule has 0 aliphatic carbocycles. The number of rotatable bonds is 10. The van der Waals surface area contributed by atoms with Gasteiger partial charge in [-0.2, -0.15) is 4.31 Å². The molecule has 1 fully saturated rings. The number of hydrogen-bond acceptors (Lipinski definition) is 7. The number of ether oxygens (including phenoxy) is 3. The Labute approximate surface area is 195 Å². The third-order valence-electron chi connectivity index (χ3n) is 5.38. The van der Waals surface area contributed by atoms with Gasteiger partial charge in [-0.05, 0) is 18.7 Å². The van der Waals surface area contributed by atoms with Crippen LogP contribution in [-0.4, -0.2) is 84.2 Å². The Morgan fingerprint density at radius 2 is 1.82 bits per heavy atom. The zero-order valence-electron chi connectivity index (χ0n) is 19.2. The summed E-state index contributed by atoms with van der Waals surface area (Å²) in [6.07, 6.45) is 0. The molecular formula is C23H31N3O6S. The lowest BCUT2D eigenvalue weighted by atomic mass is 10.1. The summed E-state index contributed by atoms with van der Waals surface area (Å²) in [5.41, 5.74) is 1.29. The van der Waals surface area contributed by atoms with Gasteiger partial charge in [-0.3, -0.25) is 4.79 Å². The molecule has 1 aliphatic heterocycles. The minimum Gasteiger partial charge on any atom is -0.493 e. The van der Waals surface area contributed by atoms with E-state index in [0.29, 0.717) is 26.3 Å². The van der Waals surface area contributed by atoms with E-state index in [1.807, 2.05) is 37.4 Å². The molecule has 10 heteroatoms. The highest BCUT2D eigenvalue weighted by Gasteiger charge is 2.30. The molecule has 0 spiro atoms. The maximum atomic E-state index is 13.1. The summed E-state index contributed by atoms with van der Waals surface area (Å²) in [5, 5.41) is 2.86. The summed E-state index contributed by atoms with van der Waals surface area (Å²) in [6, 6.07) is 12.8. The first-order valence-corrected chi connectivity index (χ1v) is 12.2. The number of carbonyl (C=O) groups is 1. The van der Waals surface area contributed by atoms with E-state index in [4.69, 9.17) is 14.2 Å². The maximum absolute atomic E-state index is 13.1. The number of hydrogen-bond donors (Lipinski definition) is 1. The first kappa shape index (κ1) is 25.0. The van der Waals surface area contributed by atoms with Gasteiger partial charge < -0.3 is 24.4 Å². The molecule has 1 heterocycles. The summed E-state index contributed by atoms with van der Waals surface area (Å²) < 4.78 is 43.6. The van der Waals surface area contributed by atoms with E-state index in [-0.39, 0.29) is 35.0 Å². The zero-order chi connectivity index (χ0) is 23.8. The molecule has 1 saturated heterocycles. The van der Waals surface area contributed by atoms with Crippen molar-refractivity contribution in [2.75, 3.05) is 60.7 Å². The molecule has 0 radical (unpaired) electrons. The van der Waals surface area contributed by atoms with Gasteiger partial charge in [0.25, 0.3) is 5.91 Å². The van der Waals surface area contributed by atoms with Gasteiger partial charge in [0.15, 0.2) is 11.5 Å². The molecule has 2 aromatic carbocycles. The number of carbonyl (C=O) groups excluding carboxylic acids is 1. The Morgan fingerprint density at radius 3 is 2.45 bits per heavy atom. The second kappa shape index (κ2) is 11.5. The summed E-state index contributed by atoms with van der Waals surface area (Å²) in [4.78, 5) is 15.1. The van der Waals surface area contributed by atoms with E-state index >= 15 is 0 Å². The van der Waals surface area contributed by atoms with Gasteiger partial charge in [-0.25, -0.2) is 8.42 Å². The molecule has 33 heavy (non-hydrogen) atoms. The number of amides is 1. The average molecular weight is 478 g/mol. The van der Waals surface area contributed by atoms with E-state index in [2.05, 4.69) is 10.2 Å². The summed E-state index contributed by atoms with van der Waals surface area (Å²) in [6.45, 7) is 2.92. The number of morpholine rings is 1. The molecule has 0 atom stereocenters. The summed E-state index contributed by atoms with van der Waals surface area (Å²) >= 11 is 0. The van der Waals surface area contributed by atoms with Crippen LogP contribution in [0.2, 0.25) is 0 Å². The average Bonchev–Trinajstić information content (AvgIpc) is 2.84. The topological polar surface area (TPSA) is 97.4 Å². The lowest BCUT2D eigenvalue weighted by Gasteiger charge is -2.26. The molecule has 0 saturated carbocycles. The van der Waals surface area contributed by atoms with Crippen LogP contribution in [0, 0.1) is 0 Å². The Kier molecular flexibility index (Phi) is 8.67. The predicted molar refractivity (Wildman–Crippen MR) is 124 cm³/mol. The molecule has 1 aliphatic rings. The fourth-order valence-corrected chi connectivity index (χ4v) is 5.07. The third kappa shape index (κ3) is 6.23. The van der Waals surface area contributed by atoms with E-state index in [0.717, 1.165) is 6.54 Å². The quantitative estimate of drug-likeness (QED) is 0.555. The Bertz CT molecular complexity index is 1040. The van der Waals surface area contributed by atoms with Crippen LogP contribution in [-0.2, 0) is 21.3 Å². The van der Waals surface area contributed by atoms with E-state index in [1.165, 1.54) is 36.2 Å². The number of likely N-dealkylation sites (N-methyl/N-ethyl adjacent to an activating group) is 1. The van der Waals surface area contributed by atoms with Crippen LogP contribution in [0.3, 0.4) is 0 Å². The Balaban J connectivity index is 1.74. The Morgan fingerprint density at radius 1 is 1.12 bits per heavy atom. The largest absolute Gasteiger partial charge is 0.493 e. The monoisotopic (exact) mass is 477 g/mol. The van der Waals surface area contributed by atoms with Crippen molar-refractivity contribution in [3.05, 3.63) is 53.6 Å². The lowest BCUT2D eigenvalue weighted by Crippen LogP contribution is -2.40. The van der Waals surface area contributed by atoms with Gasteiger partial charge in [-0.1, -0.05) is 30.3 Å². The van der Waals surface area contributed by atoms with Gasteiger partial charge >= 0.3 is 0 Å². The lowest BCUT2D eigenvalue weighted by molar-refractivity contribution is 0.0730. The molecule has 180 valence electrons. The van der Waals surface area contributed by atoms with E-state index < -0.39 is 15.9 Å². The highest BCUT2D eigenvalue weighted by molar-refractivity contribution is 7.89. The molecule has 0 bridgehead atoms. The standard InChI is InChI=1S/C23H31N3O6S/c1-25(17-18-7-5-4-6-8-18)10-9-24-23(27)20-15-19(16-21(30-2)22(20)31-3)33(28,29)26-11-13-32-14-12-26/h4-8,15-16H,9-14,17H2,1-3H3,(H,24,27). The van der Waals surface area contributed by atoms with Crippen molar-refractivity contribution >= 4 is 15.9 Å². The van der Waals surface area contributed by atoms with Crippen LogP contribution in [0.25, 0.3) is 0 Å². The van der Waals surface area contributed by atoms with Crippen molar-refractivity contribution < 1.29 is 27.4 Å². The SMILES string of the molecule is COc1cc(S(=O)(=O)N2CCOCC2)cc(C(=O)NCCN(C)Cc2ccccc2)c1OC. The molecule has 2 aromatic rings. The van der Waals surface area contributed by atoms with Crippen LogP contribution in [0.4, 0.5) is 0 Å². The van der Waals surface area contributed by atoms with Gasteiger partial charge in [0.05, 0.1) is 37.9 Å². The fraction of sp³-hybridized carbons (Fsp3) is 0.435. The second-order valence-corrected chi connectivity index (χ2v) is 9.64. The normalized spacial score (nSPS) is 14.8. The fourth-order valence-electron chi connectivity index (χ4n) is 3.62. The maximum Gasteiger partial charge on any atom is 0.255 e. The summed E-state index contributed by atoms with van der Waals surface area (Å²) in [7, 11) is 0.977. The summed E-state index contributed by atoms with van der Waals surface area (Å²) in [5.74, 6) is -0.0657. The van der Waals surface area contributed by atoms with Gasteiger partial charge in [-0.15, -0.1) is 0 Å². The van der Waals surface area contributed by atoms with Crippen molar-refractivity contribution in [1.29, 1.82) is 0 Å². The number of benzene rings is 2. The van der Waals surface area contributed by atoms with E-state index in [9.17, 15) is 13.2 Å². The van der Waals surface area contributed by atoms with Crippen molar-refractivity contribution in [2.45, 2.75) is 11.4 Å².